The lowest BCUT2D eigenvalue weighted by atomic mass is 9.86. The maximum absolute atomic E-state index is 12.3. The summed E-state index contributed by atoms with van der Waals surface area (Å²) < 4.78 is 0.935. The largest absolute Gasteiger partial charge is 0.481 e. The SMILES string of the molecule is Cc1ccc(I)c(C(=O)NC2CCC(C(=O)O)CC2)c1. The molecule has 0 unspecified atom stereocenters. The van der Waals surface area contributed by atoms with Crippen LogP contribution in [0.25, 0.3) is 0 Å². The lowest BCUT2D eigenvalue weighted by Crippen LogP contribution is -2.39. The first-order valence-corrected chi connectivity index (χ1v) is 7.85. The highest BCUT2D eigenvalue weighted by molar-refractivity contribution is 14.1. The van der Waals surface area contributed by atoms with Gasteiger partial charge in [0.25, 0.3) is 5.91 Å². The summed E-state index contributed by atoms with van der Waals surface area (Å²) in [5, 5.41) is 12.0. The molecule has 1 aromatic carbocycles. The van der Waals surface area contributed by atoms with Gasteiger partial charge < -0.3 is 10.4 Å². The Morgan fingerprint density at radius 2 is 1.90 bits per heavy atom. The first-order chi connectivity index (χ1) is 9.47. The lowest BCUT2D eigenvalue weighted by molar-refractivity contribution is -0.142. The summed E-state index contributed by atoms with van der Waals surface area (Å²) in [5.41, 5.74) is 1.76. The highest BCUT2D eigenvalue weighted by Gasteiger charge is 2.27. The molecule has 0 aliphatic heterocycles. The van der Waals surface area contributed by atoms with E-state index in [9.17, 15) is 9.59 Å². The standard InChI is InChI=1S/C15H18INO3/c1-9-2-7-13(16)12(8-9)14(18)17-11-5-3-10(4-6-11)15(19)20/h2,7-8,10-11H,3-6H2,1H3,(H,17,18)(H,19,20). The third-order valence-electron chi connectivity index (χ3n) is 3.78. The second kappa shape index (κ2) is 6.56. The number of aliphatic carboxylic acids is 1. The van der Waals surface area contributed by atoms with Crippen LogP contribution in [0.15, 0.2) is 18.2 Å². The number of carboxylic acid groups (broad SMARTS) is 1. The number of amides is 1. The Hall–Kier alpha value is -1.11. The van der Waals surface area contributed by atoms with Crippen LogP contribution in [0, 0.1) is 16.4 Å². The van der Waals surface area contributed by atoms with Gasteiger partial charge in [0.2, 0.25) is 0 Å². The van der Waals surface area contributed by atoms with Gasteiger partial charge in [-0.25, -0.2) is 0 Å². The van der Waals surface area contributed by atoms with Crippen LogP contribution >= 0.6 is 22.6 Å². The quantitative estimate of drug-likeness (QED) is 0.784. The molecular weight excluding hydrogens is 369 g/mol. The van der Waals surface area contributed by atoms with Crippen molar-refractivity contribution in [1.29, 1.82) is 0 Å². The van der Waals surface area contributed by atoms with E-state index >= 15 is 0 Å². The van der Waals surface area contributed by atoms with Gasteiger partial charge in [0.05, 0.1) is 11.5 Å². The van der Waals surface area contributed by atoms with E-state index in [4.69, 9.17) is 5.11 Å². The van der Waals surface area contributed by atoms with Gasteiger partial charge in [-0.2, -0.15) is 0 Å². The summed E-state index contributed by atoms with van der Waals surface area (Å²) >= 11 is 2.16. The molecule has 1 saturated carbocycles. The monoisotopic (exact) mass is 387 g/mol. The molecule has 0 aromatic heterocycles. The molecule has 1 amide bonds. The van der Waals surface area contributed by atoms with Gasteiger partial charge in [-0.1, -0.05) is 11.6 Å². The Bertz CT molecular complexity index is 522. The number of aryl methyl sites for hydroxylation is 1. The summed E-state index contributed by atoms with van der Waals surface area (Å²) in [5.74, 6) is -1.03. The first-order valence-electron chi connectivity index (χ1n) is 6.77. The fourth-order valence-corrected chi connectivity index (χ4v) is 3.14. The molecule has 20 heavy (non-hydrogen) atoms. The normalized spacial score (nSPS) is 22.3. The molecule has 0 heterocycles. The van der Waals surface area contributed by atoms with Gasteiger partial charge in [0.1, 0.15) is 0 Å². The van der Waals surface area contributed by atoms with E-state index in [0.29, 0.717) is 18.4 Å². The molecule has 4 nitrogen and oxygen atoms in total. The third-order valence-corrected chi connectivity index (χ3v) is 4.72. The predicted octanol–water partition coefficient (Wildman–Crippen LogP) is 2.97. The topological polar surface area (TPSA) is 66.4 Å². The predicted molar refractivity (Wildman–Crippen MR) is 84.7 cm³/mol. The van der Waals surface area contributed by atoms with E-state index in [0.717, 1.165) is 22.0 Å². The van der Waals surface area contributed by atoms with Gasteiger partial charge in [-0.05, 0) is 67.3 Å². The van der Waals surface area contributed by atoms with Gasteiger partial charge in [0.15, 0.2) is 0 Å². The Morgan fingerprint density at radius 3 is 2.50 bits per heavy atom. The smallest absolute Gasteiger partial charge is 0.306 e. The molecule has 1 aromatic rings. The maximum atomic E-state index is 12.3. The van der Waals surface area contributed by atoms with Gasteiger partial charge in [-0.15, -0.1) is 0 Å². The molecule has 1 aliphatic carbocycles. The Balaban J connectivity index is 1.96. The molecule has 0 atom stereocenters. The minimum Gasteiger partial charge on any atom is -0.481 e. The van der Waals surface area contributed by atoms with Crippen molar-refractivity contribution >= 4 is 34.5 Å². The molecule has 1 aliphatic rings. The second-order valence-corrected chi connectivity index (χ2v) is 6.51. The maximum Gasteiger partial charge on any atom is 0.306 e. The molecule has 2 N–H and O–H groups in total. The Morgan fingerprint density at radius 1 is 1.25 bits per heavy atom. The van der Waals surface area contributed by atoms with Crippen molar-refractivity contribution < 1.29 is 14.7 Å². The van der Waals surface area contributed by atoms with Crippen LogP contribution in [-0.4, -0.2) is 23.0 Å². The number of halogens is 1. The number of carboxylic acids is 1. The molecule has 0 radical (unpaired) electrons. The molecule has 2 rings (SSSR count). The van der Waals surface area contributed by atoms with E-state index in [1.807, 2.05) is 25.1 Å². The average molecular weight is 387 g/mol. The summed E-state index contributed by atoms with van der Waals surface area (Å²) in [6.45, 7) is 1.96. The van der Waals surface area contributed by atoms with Crippen LogP contribution in [0.4, 0.5) is 0 Å². The van der Waals surface area contributed by atoms with Crippen molar-refractivity contribution in [3.8, 4) is 0 Å². The van der Waals surface area contributed by atoms with Crippen molar-refractivity contribution in [3.63, 3.8) is 0 Å². The van der Waals surface area contributed by atoms with Gasteiger partial charge in [0, 0.05) is 9.61 Å². The number of hydrogen-bond acceptors (Lipinski definition) is 2. The van der Waals surface area contributed by atoms with Gasteiger partial charge in [-0.3, -0.25) is 9.59 Å². The number of hydrogen-bond donors (Lipinski definition) is 2. The number of nitrogens with one attached hydrogen (secondary N) is 1. The van der Waals surface area contributed by atoms with Crippen molar-refractivity contribution in [2.45, 2.75) is 38.6 Å². The number of carbonyl (C=O) groups excluding carboxylic acids is 1. The summed E-state index contributed by atoms with van der Waals surface area (Å²) in [4.78, 5) is 23.2. The zero-order valence-electron chi connectivity index (χ0n) is 11.4. The minimum absolute atomic E-state index is 0.0584. The zero-order chi connectivity index (χ0) is 14.7. The summed E-state index contributed by atoms with van der Waals surface area (Å²) in [6.07, 6.45) is 2.77. The van der Waals surface area contributed by atoms with Gasteiger partial charge >= 0.3 is 5.97 Å². The van der Waals surface area contributed by atoms with Crippen LogP contribution in [0.1, 0.15) is 41.6 Å². The van der Waals surface area contributed by atoms with Crippen molar-refractivity contribution in [2.24, 2.45) is 5.92 Å². The van der Waals surface area contributed by atoms with Crippen LogP contribution in [0.2, 0.25) is 0 Å². The zero-order valence-corrected chi connectivity index (χ0v) is 13.5. The van der Waals surface area contributed by atoms with Crippen molar-refractivity contribution in [2.75, 3.05) is 0 Å². The molecule has 0 bridgehead atoms. The van der Waals surface area contributed by atoms with E-state index in [2.05, 4.69) is 27.9 Å². The lowest BCUT2D eigenvalue weighted by Gasteiger charge is -2.27. The number of benzene rings is 1. The average Bonchev–Trinajstić information content (AvgIpc) is 2.42. The number of rotatable bonds is 3. The first kappa shape index (κ1) is 15.3. The van der Waals surface area contributed by atoms with E-state index in [-0.39, 0.29) is 17.9 Å². The highest BCUT2D eigenvalue weighted by atomic mass is 127. The van der Waals surface area contributed by atoms with Crippen molar-refractivity contribution in [1.82, 2.24) is 5.32 Å². The second-order valence-electron chi connectivity index (χ2n) is 5.34. The fourth-order valence-electron chi connectivity index (χ4n) is 2.56. The summed E-state index contributed by atoms with van der Waals surface area (Å²) in [6, 6.07) is 5.90. The molecular formula is C15H18INO3. The number of carbonyl (C=O) groups is 2. The van der Waals surface area contributed by atoms with Crippen LogP contribution in [-0.2, 0) is 4.79 Å². The molecule has 5 heteroatoms. The van der Waals surface area contributed by atoms with Crippen LogP contribution in [0.5, 0.6) is 0 Å². The fraction of sp³-hybridized carbons (Fsp3) is 0.467. The molecule has 1 fully saturated rings. The van der Waals surface area contributed by atoms with Crippen LogP contribution < -0.4 is 5.32 Å². The Kier molecular flexibility index (Phi) is 5.01. The van der Waals surface area contributed by atoms with E-state index < -0.39 is 5.97 Å². The third kappa shape index (κ3) is 3.71. The minimum atomic E-state index is -0.719. The molecule has 0 saturated heterocycles. The van der Waals surface area contributed by atoms with E-state index in [1.54, 1.807) is 0 Å². The molecule has 108 valence electrons. The van der Waals surface area contributed by atoms with Crippen LogP contribution in [0.3, 0.4) is 0 Å². The Labute approximate surface area is 132 Å². The molecule has 0 spiro atoms. The van der Waals surface area contributed by atoms with E-state index in [1.165, 1.54) is 0 Å². The highest BCUT2D eigenvalue weighted by Crippen LogP contribution is 2.25. The van der Waals surface area contributed by atoms with Crippen molar-refractivity contribution in [3.05, 3.63) is 32.9 Å². The summed E-state index contributed by atoms with van der Waals surface area (Å²) in [7, 11) is 0.